The van der Waals surface area contributed by atoms with Gasteiger partial charge in [-0.1, -0.05) is 43.2 Å². The Bertz CT molecular complexity index is 860. The molecule has 14 nitrogen and oxygen atoms in total. The number of carbonyl (C=O) groups is 1. The third-order valence-corrected chi connectivity index (χ3v) is 6.80. The van der Waals surface area contributed by atoms with Crippen LogP contribution in [0.15, 0.2) is 30.3 Å². The van der Waals surface area contributed by atoms with E-state index in [2.05, 4.69) is 5.32 Å². The van der Waals surface area contributed by atoms with Crippen molar-refractivity contribution in [3.05, 3.63) is 35.9 Å². The zero-order valence-corrected chi connectivity index (χ0v) is 22.1. The molecule has 3 rings (SSSR count). The highest BCUT2D eigenvalue weighted by molar-refractivity contribution is 5.67. The van der Waals surface area contributed by atoms with Crippen LogP contribution in [0, 0.1) is 0 Å². The van der Waals surface area contributed by atoms with Crippen molar-refractivity contribution in [1.29, 1.82) is 0 Å². The van der Waals surface area contributed by atoms with Gasteiger partial charge >= 0.3 is 6.09 Å². The largest absolute Gasteiger partial charge is 0.445 e. The van der Waals surface area contributed by atoms with Crippen molar-refractivity contribution in [3.63, 3.8) is 0 Å². The van der Waals surface area contributed by atoms with E-state index in [1.807, 2.05) is 30.3 Å². The minimum atomic E-state index is -1.73. The molecule has 2 saturated heterocycles. The molecule has 10 atom stereocenters. The first-order valence-electron chi connectivity index (χ1n) is 13.4. The minimum absolute atomic E-state index is 0.192. The van der Waals surface area contributed by atoms with Crippen LogP contribution in [0.1, 0.15) is 31.2 Å². The number of rotatable bonds is 14. The molecular weight excluding hydrogens is 534 g/mol. The van der Waals surface area contributed by atoms with Crippen LogP contribution in [0.25, 0.3) is 0 Å². The number of aliphatic hydroxyl groups excluding tert-OH is 7. The highest BCUT2D eigenvalue weighted by atomic mass is 16.7. The molecule has 0 spiro atoms. The Balaban J connectivity index is 1.33. The van der Waals surface area contributed by atoms with Gasteiger partial charge in [-0.05, 0) is 18.4 Å². The number of ether oxygens (including phenoxy) is 5. The van der Waals surface area contributed by atoms with Crippen LogP contribution in [-0.4, -0.2) is 130 Å². The molecule has 2 aliphatic rings. The molecule has 1 aromatic rings. The zero-order valence-electron chi connectivity index (χ0n) is 22.1. The summed E-state index contributed by atoms with van der Waals surface area (Å²) in [6.07, 6.45) is -12.4. The topological polar surface area (TPSA) is 217 Å². The number of benzene rings is 1. The normalized spacial score (nSPS) is 34.4. The lowest BCUT2D eigenvalue weighted by atomic mass is 9.97. The van der Waals surface area contributed by atoms with Crippen molar-refractivity contribution in [2.75, 3.05) is 26.4 Å². The fraction of sp³-hybridized carbons (Fsp3) is 0.731. The second kappa shape index (κ2) is 16.5. The van der Waals surface area contributed by atoms with Gasteiger partial charge in [0.15, 0.2) is 12.6 Å². The lowest BCUT2D eigenvalue weighted by Gasteiger charge is -2.45. The molecular formula is C26H41NO13. The molecule has 0 aliphatic carbocycles. The second-order valence-corrected chi connectivity index (χ2v) is 9.78. The van der Waals surface area contributed by atoms with Gasteiger partial charge in [0.2, 0.25) is 0 Å². The lowest BCUT2D eigenvalue weighted by Crippen LogP contribution is -2.64. The molecule has 1 amide bonds. The van der Waals surface area contributed by atoms with Gasteiger partial charge in [0.25, 0.3) is 0 Å². The fourth-order valence-electron chi connectivity index (χ4n) is 4.44. The van der Waals surface area contributed by atoms with E-state index in [0.717, 1.165) is 24.8 Å². The van der Waals surface area contributed by atoms with E-state index < -0.39 is 80.7 Å². The summed E-state index contributed by atoms with van der Waals surface area (Å²) in [5.41, 5.74) is 0.902. The Kier molecular flexibility index (Phi) is 13.4. The zero-order chi connectivity index (χ0) is 29.1. The van der Waals surface area contributed by atoms with Crippen LogP contribution in [-0.2, 0) is 30.3 Å². The number of hydrogen-bond donors (Lipinski definition) is 8. The van der Waals surface area contributed by atoms with Gasteiger partial charge in [-0.2, -0.15) is 0 Å². The summed E-state index contributed by atoms with van der Waals surface area (Å²) in [6, 6.07) is 9.36. The van der Waals surface area contributed by atoms with Gasteiger partial charge in [0.1, 0.15) is 55.4 Å². The van der Waals surface area contributed by atoms with Crippen molar-refractivity contribution in [1.82, 2.24) is 5.32 Å². The summed E-state index contributed by atoms with van der Waals surface area (Å²) in [5.74, 6) is 0. The Morgan fingerprint density at radius 3 is 2.12 bits per heavy atom. The Morgan fingerprint density at radius 2 is 1.43 bits per heavy atom. The molecule has 40 heavy (non-hydrogen) atoms. The summed E-state index contributed by atoms with van der Waals surface area (Å²) < 4.78 is 27.1. The maximum absolute atomic E-state index is 11.8. The molecule has 0 unspecified atom stereocenters. The van der Waals surface area contributed by atoms with Gasteiger partial charge in [0.05, 0.1) is 13.2 Å². The third kappa shape index (κ3) is 9.03. The Labute approximate surface area is 232 Å². The number of carbonyl (C=O) groups excluding carboxylic acids is 1. The number of aliphatic hydroxyl groups is 7. The molecule has 2 heterocycles. The first-order chi connectivity index (χ1) is 19.3. The van der Waals surface area contributed by atoms with E-state index in [0.29, 0.717) is 13.0 Å². The number of alkyl carbamates (subject to hydrolysis) is 1. The summed E-state index contributed by atoms with van der Waals surface area (Å²) in [7, 11) is 0. The predicted molar refractivity (Wildman–Crippen MR) is 135 cm³/mol. The number of nitrogens with one attached hydrogen (secondary N) is 1. The Hall–Kier alpha value is -1.95. The second-order valence-electron chi connectivity index (χ2n) is 9.78. The molecule has 1 aromatic carbocycles. The molecule has 0 bridgehead atoms. The van der Waals surface area contributed by atoms with Gasteiger partial charge < -0.3 is 64.7 Å². The van der Waals surface area contributed by atoms with Crippen molar-refractivity contribution in [2.45, 2.75) is 93.7 Å². The maximum atomic E-state index is 11.8. The van der Waals surface area contributed by atoms with Gasteiger partial charge in [-0.25, -0.2) is 4.79 Å². The van der Waals surface area contributed by atoms with Crippen LogP contribution >= 0.6 is 0 Å². The molecule has 0 radical (unpaired) electrons. The van der Waals surface area contributed by atoms with Crippen molar-refractivity contribution in [2.24, 2.45) is 0 Å². The molecule has 0 saturated carbocycles. The quantitative estimate of drug-likeness (QED) is 0.114. The van der Waals surface area contributed by atoms with Gasteiger partial charge in [-0.3, -0.25) is 0 Å². The number of hydrogen-bond acceptors (Lipinski definition) is 13. The minimum Gasteiger partial charge on any atom is -0.445 e. The standard InChI is InChI=1S/C26H41NO13/c28-12-16-18(30)19(31)21(33)25(38-16)40-23-17(13-29)39-24(22(34)20(23)32)36-11-7-2-1-6-10-27-26(35)37-14-15-8-4-3-5-9-15/h3-5,8-9,16-25,28-34H,1-2,6-7,10-14H2,(H,27,35)/t16-,17-,18+,19+,20-,21-,22-,23-,24-,25+/m1/s1. The predicted octanol–water partition coefficient (Wildman–Crippen LogP) is -1.89. The SMILES string of the molecule is O=C(NCCCCCCO[C@@H]1O[C@H](CO)[C@@H](O[C@@H]2O[C@H](CO)[C@H](O)[C@H](O)[C@H]2O)[C@H](O)[C@H]1O)OCc1ccccc1. The average molecular weight is 576 g/mol. The highest BCUT2D eigenvalue weighted by Gasteiger charge is 2.50. The summed E-state index contributed by atoms with van der Waals surface area (Å²) >= 11 is 0. The van der Waals surface area contributed by atoms with Gasteiger partial charge in [0, 0.05) is 13.2 Å². The van der Waals surface area contributed by atoms with Crippen molar-refractivity contribution in [3.8, 4) is 0 Å². The van der Waals surface area contributed by atoms with Crippen LogP contribution in [0.4, 0.5) is 4.79 Å². The van der Waals surface area contributed by atoms with E-state index in [-0.39, 0.29) is 13.2 Å². The number of unbranched alkanes of at least 4 members (excludes halogenated alkanes) is 3. The van der Waals surface area contributed by atoms with Crippen LogP contribution in [0.3, 0.4) is 0 Å². The number of amides is 1. The fourth-order valence-corrected chi connectivity index (χ4v) is 4.44. The lowest BCUT2D eigenvalue weighted by molar-refractivity contribution is -0.359. The summed E-state index contributed by atoms with van der Waals surface area (Å²) in [4.78, 5) is 11.8. The maximum Gasteiger partial charge on any atom is 0.407 e. The molecule has 2 fully saturated rings. The van der Waals surface area contributed by atoms with E-state index in [9.17, 15) is 40.5 Å². The van der Waals surface area contributed by atoms with Crippen molar-refractivity contribution < 1.29 is 64.2 Å². The third-order valence-electron chi connectivity index (χ3n) is 6.80. The molecule has 8 N–H and O–H groups in total. The monoisotopic (exact) mass is 575 g/mol. The van der Waals surface area contributed by atoms with Crippen LogP contribution < -0.4 is 5.32 Å². The van der Waals surface area contributed by atoms with E-state index in [4.69, 9.17) is 23.7 Å². The molecule has 228 valence electrons. The van der Waals surface area contributed by atoms with Crippen LogP contribution in [0.2, 0.25) is 0 Å². The molecule has 2 aliphatic heterocycles. The average Bonchev–Trinajstić information content (AvgIpc) is 2.97. The van der Waals surface area contributed by atoms with E-state index in [1.165, 1.54) is 0 Å². The Morgan fingerprint density at radius 1 is 0.775 bits per heavy atom. The van der Waals surface area contributed by atoms with Crippen molar-refractivity contribution >= 4 is 6.09 Å². The molecule has 14 heteroatoms. The molecule has 0 aromatic heterocycles. The van der Waals surface area contributed by atoms with Crippen LogP contribution in [0.5, 0.6) is 0 Å². The summed E-state index contributed by atoms with van der Waals surface area (Å²) in [5, 5.41) is 73.0. The first kappa shape index (κ1) is 32.6. The first-order valence-corrected chi connectivity index (χ1v) is 13.4. The highest BCUT2D eigenvalue weighted by Crippen LogP contribution is 2.29. The van der Waals surface area contributed by atoms with E-state index >= 15 is 0 Å². The van der Waals surface area contributed by atoms with E-state index in [1.54, 1.807) is 0 Å². The summed E-state index contributed by atoms with van der Waals surface area (Å²) in [6.45, 7) is -0.455. The smallest absolute Gasteiger partial charge is 0.407 e. The van der Waals surface area contributed by atoms with Gasteiger partial charge in [-0.15, -0.1) is 0 Å².